The number of hydrogen-bond donors (Lipinski definition) is 0. The molecule has 1 saturated carbocycles. The van der Waals surface area contributed by atoms with Gasteiger partial charge in [0.15, 0.2) is 4.87 Å². The number of thioether (sulfide) groups is 1. The Morgan fingerprint density at radius 1 is 1.19 bits per heavy atom. The minimum atomic E-state index is -1.12. The summed E-state index contributed by atoms with van der Waals surface area (Å²) in [5, 5.41) is 0. The van der Waals surface area contributed by atoms with Crippen LogP contribution < -0.4 is 4.90 Å². The molecular formula is C21H19FN2O2S. The van der Waals surface area contributed by atoms with Crippen LogP contribution in [0.3, 0.4) is 0 Å². The lowest BCUT2D eigenvalue weighted by atomic mass is 10.0. The molecule has 5 rings (SSSR count). The molecule has 2 heterocycles. The Morgan fingerprint density at radius 3 is 2.70 bits per heavy atom. The van der Waals surface area contributed by atoms with Crippen molar-refractivity contribution in [1.82, 2.24) is 4.90 Å². The normalized spacial score (nSPS) is 24.0. The number of nitrogens with zero attached hydrogens (tertiary/aromatic N) is 2. The van der Waals surface area contributed by atoms with Crippen molar-refractivity contribution in [3.8, 4) is 0 Å². The van der Waals surface area contributed by atoms with Crippen LogP contribution in [0.25, 0.3) is 0 Å². The summed E-state index contributed by atoms with van der Waals surface area (Å²) in [5.74, 6) is 0.218. The van der Waals surface area contributed by atoms with Gasteiger partial charge in [-0.05, 0) is 36.6 Å². The molecule has 0 bridgehead atoms. The zero-order chi connectivity index (χ0) is 18.6. The van der Waals surface area contributed by atoms with E-state index in [1.807, 2.05) is 30.3 Å². The Bertz CT molecular complexity index is 931. The van der Waals surface area contributed by atoms with Crippen LogP contribution in [0.5, 0.6) is 0 Å². The Labute approximate surface area is 161 Å². The van der Waals surface area contributed by atoms with Gasteiger partial charge in [0.2, 0.25) is 5.91 Å². The number of carbonyl (C=O) groups excluding carboxylic acids is 2. The average molecular weight is 382 g/mol. The highest BCUT2D eigenvalue weighted by Gasteiger charge is 2.60. The van der Waals surface area contributed by atoms with E-state index in [-0.39, 0.29) is 23.5 Å². The van der Waals surface area contributed by atoms with Gasteiger partial charge in [0.1, 0.15) is 5.82 Å². The Kier molecular flexibility index (Phi) is 3.79. The summed E-state index contributed by atoms with van der Waals surface area (Å²) in [6, 6.07) is 14.2. The van der Waals surface area contributed by atoms with Gasteiger partial charge >= 0.3 is 0 Å². The molecule has 0 N–H and O–H groups in total. The van der Waals surface area contributed by atoms with Gasteiger partial charge in [-0.2, -0.15) is 0 Å². The second kappa shape index (κ2) is 6.09. The van der Waals surface area contributed by atoms with E-state index in [1.54, 1.807) is 15.9 Å². The maximum absolute atomic E-state index is 14.1. The maximum Gasteiger partial charge on any atom is 0.268 e. The summed E-state index contributed by atoms with van der Waals surface area (Å²) in [5.41, 5.74) is 2.31. The van der Waals surface area contributed by atoms with E-state index < -0.39 is 4.87 Å². The average Bonchev–Trinajstić information content (AvgIpc) is 3.40. The van der Waals surface area contributed by atoms with Crippen LogP contribution in [0.15, 0.2) is 48.5 Å². The van der Waals surface area contributed by atoms with Crippen LogP contribution in [0.4, 0.5) is 10.1 Å². The van der Waals surface area contributed by atoms with E-state index in [0.717, 1.165) is 18.4 Å². The lowest BCUT2D eigenvalue weighted by Gasteiger charge is -2.33. The number of amides is 2. The number of anilines is 1. The molecule has 2 amide bonds. The molecule has 3 aliphatic rings. The molecule has 0 radical (unpaired) electrons. The van der Waals surface area contributed by atoms with Crippen molar-refractivity contribution in [2.24, 2.45) is 5.92 Å². The molecule has 138 valence electrons. The quantitative estimate of drug-likeness (QED) is 0.816. The minimum absolute atomic E-state index is 0.0218. The summed E-state index contributed by atoms with van der Waals surface area (Å²) >= 11 is 1.45. The fourth-order valence-electron chi connectivity index (χ4n) is 4.08. The number of hydrogen-bond acceptors (Lipinski definition) is 3. The Balaban J connectivity index is 1.61. The predicted octanol–water partition coefficient (Wildman–Crippen LogP) is 3.51. The molecule has 6 heteroatoms. The van der Waals surface area contributed by atoms with Gasteiger partial charge in [0, 0.05) is 23.8 Å². The third-order valence-electron chi connectivity index (χ3n) is 5.53. The van der Waals surface area contributed by atoms with Gasteiger partial charge in [0.05, 0.1) is 12.2 Å². The van der Waals surface area contributed by atoms with Crippen molar-refractivity contribution in [2.75, 3.05) is 17.2 Å². The van der Waals surface area contributed by atoms with E-state index in [4.69, 9.17) is 0 Å². The highest BCUT2D eigenvalue weighted by Crippen LogP contribution is 2.55. The highest BCUT2D eigenvalue weighted by molar-refractivity contribution is 8.01. The number of carbonyl (C=O) groups is 2. The van der Waals surface area contributed by atoms with Crippen molar-refractivity contribution < 1.29 is 14.0 Å². The zero-order valence-electron chi connectivity index (χ0n) is 14.7. The van der Waals surface area contributed by atoms with Gasteiger partial charge in [-0.3, -0.25) is 9.59 Å². The second-order valence-electron chi connectivity index (χ2n) is 7.29. The SMILES string of the molecule is O=C(C1CC1)N1CCS[C@]12C(=O)N(Cc1ccccc1)c1ccc(F)cc12. The fraction of sp³-hybridized carbons (Fsp3) is 0.333. The first-order valence-electron chi connectivity index (χ1n) is 9.22. The molecule has 1 spiro atoms. The zero-order valence-corrected chi connectivity index (χ0v) is 15.5. The third-order valence-corrected chi connectivity index (χ3v) is 6.95. The lowest BCUT2D eigenvalue weighted by molar-refractivity contribution is -0.141. The van der Waals surface area contributed by atoms with Gasteiger partial charge in [-0.15, -0.1) is 11.8 Å². The molecule has 2 aliphatic heterocycles. The molecular weight excluding hydrogens is 363 g/mol. The van der Waals surface area contributed by atoms with Gasteiger partial charge < -0.3 is 9.80 Å². The molecule has 27 heavy (non-hydrogen) atoms. The number of halogens is 1. The molecule has 4 nitrogen and oxygen atoms in total. The van der Waals surface area contributed by atoms with Crippen molar-refractivity contribution >= 4 is 29.3 Å². The topological polar surface area (TPSA) is 40.6 Å². The van der Waals surface area contributed by atoms with Crippen LogP contribution in [-0.2, 0) is 21.0 Å². The first kappa shape index (κ1) is 16.8. The molecule has 2 fully saturated rings. The van der Waals surface area contributed by atoms with Crippen molar-refractivity contribution in [1.29, 1.82) is 0 Å². The minimum Gasteiger partial charge on any atom is -0.315 e. The third kappa shape index (κ3) is 2.50. The molecule has 1 saturated heterocycles. The maximum atomic E-state index is 14.1. The van der Waals surface area contributed by atoms with Crippen LogP contribution in [0.1, 0.15) is 24.0 Å². The summed E-state index contributed by atoms with van der Waals surface area (Å²) in [7, 11) is 0. The van der Waals surface area contributed by atoms with E-state index in [2.05, 4.69) is 0 Å². The first-order chi connectivity index (χ1) is 13.1. The number of benzene rings is 2. The fourth-order valence-corrected chi connectivity index (χ4v) is 5.54. The van der Waals surface area contributed by atoms with Crippen LogP contribution in [-0.4, -0.2) is 29.0 Å². The molecule has 2 aromatic rings. The molecule has 0 aromatic heterocycles. The first-order valence-corrected chi connectivity index (χ1v) is 10.2. The molecule has 0 unspecified atom stereocenters. The lowest BCUT2D eigenvalue weighted by Crippen LogP contribution is -2.50. The van der Waals surface area contributed by atoms with E-state index >= 15 is 0 Å². The Morgan fingerprint density at radius 2 is 1.96 bits per heavy atom. The summed E-state index contributed by atoms with van der Waals surface area (Å²) in [6.45, 7) is 0.937. The van der Waals surface area contributed by atoms with Gasteiger partial charge in [0.25, 0.3) is 5.91 Å². The van der Waals surface area contributed by atoms with E-state index in [0.29, 0.717) is 30.1 Å². The largest absolute Gasteiger partial charge is 0.315 e. The number of fused-ring (bicyclic) bond motifs is 2. The molecule has 2 aromatic carbocycles. The summed E-state index contributed by atoms with van der Waals surface area (Å²) in [4.78, 5) is 28.9. The van der Waals surface area contributed by atoms with Gasteiger partial charge in [-0.25, -0.2) is 4.39 Å². The summed E-state index contributed by atoms with van der Waals surface area (Å²) < 4.78 is 14.1. The van der Waals surface area contributed by atoms with Crippen LogP contribution >= 0.6 is 11.8 Å². The second-order valence-corrected chi connectivity index (χ2v) is 8.58. The van der Waals surface area contributed by atoms with Crippen molar-refractivity contribution in [2.45, 2.75) is 24.3 Å². The standard InChI is InChI=1S/C21H19FN2O2S/c22-16-8-9-18-17(12-16)21(24(10-11-27-21)19(25)15-6-7-15)20(26)23(18)13-14-4-2-1-3-5-14/h1-5,8-9,12,15H,6-7,10-11,13H2/t21-/m1/s1. The summed E-state index contributed by atoms with van der Waals surface area (Å²) in [6.07, 6.45) is 1.77. The van der Waals surface area contributed by atoms with Crippen molar-refractivity contribution in [3.05, 3.63) is 65.5 Å². The highest BCUT2D eigenvalue weighted by atomic mass is 32.2. The van der Waals surface area contributed by atoms with Crippen LogP contribution in [0.2, 0.25) is 0 Å². The van der Waals surface area contributed by atoms with Crippen LogP contribution in [0, 0.1) is 11.7 Å². The van der Waals surface area contributed by atoms with E-state index in [9.17, 15) is 14.0 Å². The van der Waals surface area contributed by atoms with Gasteiger partial charge in [-0.1, -0.05) is 30.3 Å². The number of rotatable bonds is 3. The molecule has 1 aliphatic carbocycles. The smallest absolute Gasteiger partial charge is 0.268 e. The Hall–Kier alpha value is -2.34. The monoisotopic (exact) mass is 382 g/mol. The molecule has 1 atom stereocenters. The predicted molar refractivity (Wildman–Crippen MR) is 103 cm³/mol. The van der Waals surface area contributed by atoms with Crippen molar-refractivity contribution in [3.63, 3.8) is 0 Å². The van der Waals surface area contributed by atoms with E-state index in [1.165, 1.54) is 23.9 Å².